The molecule has 0 amide bonds. The average molecular weight is 314 g/mol. The zero-order chi connectivity index (χ0) is 15.9. The van der Waals surface area contributed by atoms with Crippen LogP contribution in [0.4, 0.5) is 0 Å². The number of benzene rings is 2. The third-order valence-corrected chi connectivity index (χ3v) is 4.67. The normalized spacial score (nSPS) is 13.3. The molecule has 0 aliphatic rings. The molecule has 0 aliphatic carbocycles. The lowest BCUT2D eigenvalue weighted by Gasteiger charge is -2.20. The third-order valence-electron chi connectivity index (χ3n) is 3.65. The highest BCUT2D eigenvalue weighted by molar-refractivity contribution is 8.14. The third kappa shape index (κ3) is 4.21. The quantitative estimate of drug-likeness (QED) is 0.873. The Bertz CT molecular complexity index is 625. The second-order valence-electron chi connectivity index (χ2n) is 5.11. The van der Waals surface area contributed by atoms with Crippen molar-refractivity contribution in [2.45, 2.75) is 12.8 Å². The first kappa shape index (κ1) is 16.3. The SMILES string of the molecule is C[C@H](c1ccccc1)[C@@H](CSC(=O)c1ccccc1)C(=O)O. The molecule has 2 aromatic rings. The molecule has 4 heteroatoms. The Labute approximate surface area is 134 Å². The van der Waals surface area contributed by atoms with E-state index in [0.717, 1.165) is 17.3 Å². The lowest BCUT2D eigenvalue weighted by atomic mass is 9.89. The molecule has 0 saturated carbocycles. The van der Waals surface area contributed by atoms with Crippen LogP contribution < -0.4 is 0 Å². The Balaban J connectivity index is 2.04. The van der Waals surface area contributed by atoms with Gasteiger partial charge in [0.1, 0.15) is 0 Å². The zero-order valence-corrected chi connectivity index (χ0v) is 13.1. The maximum atomic E-state index is 12.1. The van der Waals surface area contributed by atoms with Crippen molar-refractivity contribution in [2.24, 2.45) is 5.92 Å². The summed E-state index contributed by atoms with van der Waals surface area (Å²) in [6, 6.07) is 18.5. The van der Waals surface area contributed by atoms with E-state index in [1.54, 1.807) is 24.3 Å². The number of carboxylic acids is 1. The molecule has 114 valence electrons. The molecule has 0 aromatic heterocycles. The number of hydrogen-bond donors (Lipinski definition) is 1. The number of carbonyl (C=O) groups is 2. The van der Waals surface area contributed by atoms with Crippen LogP contribution in [0, 0.1) is 5.92 Å². The van der Waals surface area contributed by atoms with Gasteiger partial charge in [-0.2, -0.15) is 0 Å². The van der Waals surface area contributed by atoms with Gasteiger partial charge in [-0.05, 0) is 11.5 Å². The minimum Gasteiger partial charge on any atom is -0.481 e. The summed E-state index contributed by atoms with van der Waals surface area (Å²) in [6.07, 6.45) is 0. The molecule has 0 spiro atoms. The number of rotatable bonds is 6. The molecule has 0 unspecified atom stereocenters. The Morgan fingerprint density at radius 1 is 1.00 bits per heavy atom. The fraction of sp³-hybridized carbons (Fsp3) is 0.222. The summed E-state index contributed by atoms with van der Waals surface area (Å²) in [7, 11) is 0. The fourth-order valence-corrected chi connectivity index (χ4v) is 3.31. The van der Waals surface area contributed by atoms with Crippen LogP contribution >= 0.6 is 11.8 Å². The van der Waals surface area contributed by atoms with E-state index in [2.05, 4.69) is 0 Å². The van der Waals surface area contributed by atoms with E-state index in [1.807, 2.05) is 43.3 Å². The molecule has 0 bridgehead atoms. The first-order valence-corrected chi connectivity index (χ1v) is 8.08. The van der Waals surface area contributed by atoms with Gasteiger partial charge in [0.2, 0.25) is 5.12 Å². The van der Waals surface area contributed by atoms with E-state index in [-0.39, 0.29) is 16.8 Å². The summed E-state index contributed by atoms with van der Waals surface area (Å²) >= 11 is 1.07. The molecule has 0 aliphatic heterocycles. The number of carbonyl (C=O) groups excluding carboxylic acids is 1. The van der Waals surface area contributed by atoms with Crippen molar-refractivity contribution in [2.75, 3.05) is 5.75 Å². The molecule has 0 saturated heterocycles. The van der Waals surface area contributed by atoms with Crippen LogP contribution in [0.2, 0.25) is 0 Å². The molecule has 3 nitrogen and oxygen atoms in total. The van der Waals surface area contributed by atoms with Gasteiger partial charge in [0.05, 0.1) is 5.92 Å². The molecule has 2 aromatic carbocycles. The summed E-state index contributed by atoms with van der Waals surface area (Å²) in [5, 5.41) is 9.37. The highest BCUT2D eigenvalue weighted by atomic mass is 32.2. The van der Waals surface area contributed by atoms with Crippen LogP contribution in [0.25, 0.3) is 0 Å². The maximum Gasteiger partial charge on any atom is 0.307 e. The van der Waals surface area contributed by atoms with Crippen LogP contribution in [0.3, 0.4) is 0 Å². The van der Waals surface area contributed by atoms with Crippen LogP contribution in [0.1, 0.15) is 28.8 Å². The topological polar surface area (TPSA) is 54.4 Å². The second-order valence-corrected chi connectivity index (χ2v) is 6.10. The van der Waals surface area contributed by atoms with Crippen molar-refractivity contribution in [3.8, 4) is 0 Å². The number of hydrogen-bond acceptors (Lipinski definition) is 3. The Hall–Kier alpha value is -2.07. The van der Waals surface area contributed by atoms with Crippen molar-refractivity contribution in [1.82, 2.24) is 0 Å². The lowest BCUT2D eigenvalue weighted by molar-refractivity contribution is -0.141. The predicted molar refractivity (Wildman–Crippen MR) is 89.2 cm³/mol. The minimum absolute atomic E-state index is 0.0906. The minimum atomic E-state index is -0.871. The Morgan fingerprint density at radius 3 is 2.09 bits per heavy atom. The van der Waals surface area contributed by atoms with Gasteiger partial charge in [0, 0.05) is 11.3 Å². The van der Waals surface area contributed by atoms with Crippen LogP contribution in [-0.4, -0.2) is 21.9 Å². The fourth-order valence-electron chi connectivity index (χ4n) is 2.24. The molecular weight excluding hydrogens is 296 g/mol. The standard InChI is InChI=1S/C18H18O3S/c1-13(14-8-4-2-5-9-14)16(17(19)20)12-22-18(21)15-10-6-3-7-11-15/h2-11,13,16H,12H2,1H3,(H,19,20)/t13-,16-/m1/s1. The van der Waals surface area contributed by atoms with Gasteiger partial charge in [0.15, 0.2) is 0 Å². The van der Waals surface area contributed by atoms with E-state index < -0.39 is 11.9 Å². The monoisotopic (exact) mass is 314 g/mol. The molecule has 1 N–H and O–H groups in total. The Morgan fingerprint density at radius 2 is 1.55 bits per heavy atom. The zero-order valence-electron chi connectivity index (χ0n) is 12.3. The van der Waals surface area contributed by atoms with Crippen molar-refractivity contribution in [3.63, 3.8) is 0 Å². The van der Waals surface area contributed by atoms with E-state index in [1.165, 1.54) is 0 Å². The summed E-state index contributed by atoms with van der Waals surface area (Å²) in [6.45, 7) is 1.89. The van der Waals surface area contributed by atoms with E-state index in [0.29, 0.717) is 5.56 Å². The van der Waals surface area contributed by atoms with E-state index in [9.17, 15) is 14.7 Å². The Kier molecular flexibility index (Phi) is 5.78. The number of carboxylic acid groups (broad SMARTS) is 1. The lowest BCUT2D eigenvalue weighted by Crippen LogP contribution is -2.23. The van der Waals surface area contributed by atoms with Crippen molar-refractivity contribution in [3.05, 3.63) is 71.8 Å². The largest absolute Gasteiger partial charge is 0.481 e. The van der Waals surface area contributed by atoms with Crippen LogP contribution in [0.15, 0.2) is 60.7 Å². The molecular formula is C18H18O3S. The van der Waals surface area contributed by atoms with Gasteiger partial charge in [-0.1, -0.05) is 79.3 Å². The van der Waals surface area contributed by atoms with E-state index in [4.69, 9.17) is 0 Å². The predicted octanol–water partition coefficient (Wildman–Crippen LogP) is 4.06. The summed E-state index contributed by atoms with van der Waals surface area (Å²) < 4.78 is 0. The highest BCUT2D eigenvalue weighted by Crippen LogP contribution is 2.28. The van der Waals surface area contributed by atoms with E-state index >= 15 is 0 Å². The second kappa shape index (κ2) is 7.80. The molecule has 2 rings (SSSR count). The molecule has 2 atom stereocenters. The van der Waals surface area contributed by atoms with Gasteiger partial charge in [0.25, 0.3) is 0 Å². The van der Waals surface area contributed by atoms with Gasteiger partial charge in [-0.15, -0.1) is 0 Å². The van der Waals surface area contributed by atoms with Crippen LogP contribution in [-0.2, 0) is 4.79 Å². The van der Waals surface area contributed by atoms with Gasteiger partial charge >= 0.3 is 5.97 Å². The van der Waals surface area contributed by atoms with Crippen molar-refractivity contribution in [1.29, 1.82) is 0 Å². The molecule has 0 fully saturated rings. The molecule has 0 radical (unpaired) electrons. The summed E-state index contributed by atoms with van der Waals surface area (Å²) in [4.78, 5) is 23.6. The van der Waals surface area contributed by atoms with Gasteiger partial charge in [-0.25, -0.2) is 0 Å². The average Bonchev–Trinajstić information content (AvgIpc) is 2.56. The van der Waals surface area contributed by atoms with Gasteiger partial charge < -0.3 is 5.11 Å². The van der Waals surface area contributed by atoms with Crippen molar-refractivity contribution < 1.29 is 14.7 Å². The first-order chi connectivity index (χ1) is 10.6. The van der Waals surface area contributed by atoms with Gasteiger partial charge in [-0.3, -0.25) is 9.59 Å². The molecule has 22 heavy (non-hydrogen) atoms. The number of thioether (sulfide) groups is 1. The first-order valence-electron chi connectivity index (χ1n) is 7.09. The van der Waals surface area contributed by atoms with Crippen LogP contribution in [0.5, 0.6) is 0 Å². The summed E-state index contributed by atoms with van der Waals surface area (Å²) in [5.41, 5.74) is 1.58. The molecule has 0 heterocycles. The van der Waals surface area contributed by atoms with Crippen molar-refractivity contribution >= 4 is 22.8 Å². The number of aliphatic carboxylic acids is 1. The maximum absolute atomic E-state index is 12.1. The smallest absolute Gasteiger partial charge is 0.307 e. The highest BCUT2D eigenvalue weighted by Gasteiger charge is 2.27. The summed E-state index contributed by atoms with van der Waals surface area (Å²) in [5.74, 6) is -1.35.